The van der Waals surface area contributed by atoms with Gasteiger partial charge in [0.15, 0.2) is 11.5 Å². The van der Waals surface area contributed by atoms with Crippen molar-refractivity contribution in [2.45, 2.75) is 52.4 Å². The molecule has 0 bridgehead atoms. The van der Waals surface area contributed by atoms with Crippen LogP contribution in [0.4, 0.5) is 0 Å². The van der Waals surface area contributed by atoms with Gasteiger partial charge in [0.2, 0.25) is 0 Å². The maximum atomic E-state index is 5.53. The molecular weight excluding hydrogens is 344 g/mol. The van der Waals surface area contributed by atoms with Crippen molar-refractivity contribution in [1.82, 2.24) is 0 Å². The van der Waals surface area contributed by atoms with E-state index in [1.54, 1.807) is 0 Å². The molecule has 2 heteroatoms. The Labute approximate surface area is 169 Å². The van der Waals surface area contributed by atoms with E-state index in [0.29, 0.717) is 13.2 Å². The summed E-state index contributed by atoms with van der Waals surface area (Å²) >= 11 is 0. The zero-order chi connectivity index (χ0) is 20.4. The standard InChI is InChI=1S/C14H16.C12H16O2/c1-14(2,3)13-9-8-11-6-4-5-7-12(11)10-13;1-12(2,3)9-4-5-10-11(8-9)14-7-6-13-10/h4-10H,1-3H3;4-5,8H,6-7H2,1-3H3. The molecule has 2 nitrogen and oxygen atoms in total. The van der Waals surface area contributed by atoms with Crippen molar-refractivity contribution < 1.29 is 9.47 Å². The molecule has 1 aliphatic heterocycles. The van der Waals surface area contributed by atoms with E-state index < -0.39 is 0 Å². The molecule has 1 heterocycles. The zero-order valence-electron chi connectivity index (χ0n) is 18.0. The highest BCUT2D eigenvalue weighted by atomic mass is 16.6. The van der Waals surface area contributed by atoms with Crippen molar-refractivity contribution >= 4 is 10.8 Å². The highest BCUT2D eigenvalue weighted by molar-refractivity contribution is 5.83. The summed E-state index contributed by atoms with van der Waals surface area (Å²) in [7, 11) is 0. The highest BCUT2D eigenvalue weighted by Crippen LogP contribution is 2.34. The Kier molecular flexibility index (Phi) is 5.69. The summed E-state index contributed by atoms with van der Waals surface area (Å²) in [6, 6.07) is 21.4. The maximum absolute atomic E-state index is 5.53. The van der Waals surface area contributed by atoms with Gasteiger partial charge in [-0.3, -0.25) is 0 Å². The lowest BCUT2D eigenvalue weighted by Crippen LogP contribution is -2.17. The fourth-order valence-electron chi connectivity index (χ4n) is 3.17. The predicted molar refractivity (Wildman–Crippen MR) is 119 cm³/mol. The molecule has 0 atom stereocenters. The second-order valence-corrected chi connectivity index (χ2v) is 9.42. The van der Waals surface area contributed by atoms with E-state index in [4.69, 9.17) is 9.47 Å². The van der Waals surface area contributed by atoms with Crippen LogP contribution in [0.25, 0.3) is 10.8 Å². The van der Waals surface area contributed by atoms with Gasteiger partial charge in [-0.15, -0.1) is 0 Å². The third-order valence-electron chi connectivity index (χ3n) is 5.02. The molecule has 0 N–H and O–H groups in total. The van der Waals surface area contributed by atoms with Crippen LogP contribution >= 0.6 is 0 Å². The third-order valence-corrected chi connectivity index (χ3v) is 5.02. The van der Waals surface area contributed by atoms with Gasteiger partial charge in [-0.25, -0.2) is 0 Å². The van der Waals surface area contributed by atoms with E-state index in [0.717, 1.165) is 11.5 Å². The Bertz CT molecular complexity index is 943. The quantitative estimate of drug-likeness (QED) is 0.425. The molecule has 0 aromatic heterocycles. The largest absolute Gasteiger partial charge is 0.486 e. The average Bonchev–Trinajstić information content (AvgIpc) is 2.66. The molecule has 1 aliphatic rings. The average molecular weight is 377 g/mol. The summed E-state index contributed by atoms with van der Waals surface area (Å²) in [6.07, 6.45) is 0. The van der Waals surface area contributed by atoms with Crippen LogP contribution in [0.3, 0.4) is 0 Å². The zero-order valence-corrected chi connectivity index (χ0v) is 18.0. The molecule has 28 heavy (non-hydrogen) atoms. The van der Waals surface area contributed by atoms with Gasteiger partial charge in [-0.1, -0.05) is 90.1 Å². The van der Waals surface area contributed by atoms with Gasteiger partial charge < -0.3 is 9.47 Å². The lowest BCUT2D eigenvalue weighted by atomic mass is 9.86. The molecule has 3 aromatic rings. The van der Waals surface area contributed by atoms with E-state index in [-0.39, 0.29) is 10.8 Å². The van der Waals surface area contributed by atoms with Crippen LogP contribution in [0.5, 0.6) is 11.5 Å². The summed E-state index contributed by atoms with van der Waals surface area (Å²) in [5, 5.41) is 2.65. The first-order valence-electron chi connectivity index (χ1n) is 10.0. The lowest BCUT2D eigenvalue weighted by molar-refractivity contribution is 0.171. The summed E-state index contributed by atoms with van der Waals surface area (Å²) in [5.41, 5.74) is 3.08. The topological polar surface area (TPSA) is 18.5 Å². The summed E-state index contributed by atoms with van der Waals surface area (Å²) in [6.45, 7) is 14.6. The number of rotatable bonds is 0. The molecule has 0 fully saturated rings. The van der Waals surface area contributed by atoms with Gasteiger partial charge in [-0.2, -0.15) is 0 Å². The Morgan fingerprint density at radius 1 is 0.571 bits per heavy atom. The van der Waals surface area contributed by atoms with Gasteiger partial charge in [0, 0.05) is 0 Å². The van der Waals surface area contributed by atoms with Crippen LogP contribution in [0, 0.1) is 0 Å². The molecule has 0 unspecified atom stereocenters. The molecule has 148 valence electrons. The van der Waals surface area contributed by atoms with E-state index in [2.05, 4.69) is 96.1 Å². The minimum absolute atomic E-state index is 0.163. The summed E-state index contributed by atoms with van der Waals surface area (Å²) in [4.78, 5) is 0. The van der Waals surface area contributed by atoms with E-state index in [1.165, 1.54) is 21.9 Å². The number of benzene rings is 3. The monoisotopic (exact) mass is 376 g/mol. The third kappa shape index (κ3) is 4.86. The Balaban J connectivity index is 0.000000161. The summed E-state index contributed by atoms with van der Waals surface area (Å²) in [5.74, 6) is 1.74. The van der Waals surface area contributed by atoms with Crippen molar-refractivity contribution in [2.24, 2.45) is 0 Å². The van der Waals surface area contributed by atoms with E-state index in [1.807, 2.05) is 6.07 Å². The van der Waals surface area contributed by atoms with Crippen molar-refractivity contribution in [3.8, 4) is 11.5 Å². The normalized spacial score (nSPS) is 13.6. The van der Waals surface area contributed by atoms with Crippen molar-refractivity contribution in [3.05, 3.63) is 71.8 Å². The van der Waals surface area contributed by atoms with Crippen molar-refractivity contribution in [2.75, 3.05) is 13.2 Å². The molecule has 0 saturated carbocycles. The SMILES string of the molecule is CC(C)(C)c1ccc2c(c1)OCCO2.CC(C)(C)c1ccc2ccccc2c1. The van der Waals surface area contributed by atoms with E-state index in [9.17, 15) is 0 Å². The first-order chi connectivity index (χ1) is 13.1. The second-order valence-electron chi connectivity index (χ2n) is 9.42. The van der Waals surface area contributed by atoms with Gasteiger partial charge in [-0.05, 0) is 44.9 Å². The van der Waals surface area contributed by atoms with Crippen molar-refractivity contribution in [3.63, 3.8) is 0 Å². The van der Waals surface area contributed by atoms with Crippen LogP contribution in [0.2, 0.25) is 0 Å². The summed E-state index contributed by atoms with van der Waals surface area (Å²) < 4.78 is 11.0. The van der Waals surface area contributed by atoms with Gasteiger partial charge in [0.25, 0.3) is 0 Å². The first kappa shape index (κ1) is 20.3. The molecule has 0 aliphatic carbocycles. The second kappa shape index (κ2) is 7.87. The van der Waals surface area contributed by atoms with Crippen LogP contribution in [0.15, 0.2) is 60.7 Å². The minimum atomic E-state index is 0.163. The molecule has 3 aromatic carbocycles. The van der Waals surface area contributed by atoms with Crippen molar-refractivity contribution in [1.29, 1.82) is 0 Å². The highest BCUT2D eigenvalue weighted by Gasteiger charge is 2.18. The smallest absolute Gasteiger partial charge is 0.161 e. The van der Waals surface area contributed by atoms with Crippen LogP contribution < -0.4 is 9.47 Å². The Hall–Kier alpha value is -2.48. The van der Waals surface area contributed by atoms with Crippen LogP contribution in [0.1, 0.15) is 52.7 Å². The number of ether oxygens (including phenoxy) is 2. The molecular formula is C26H32O2. The molecule has 0 radical (unpaired) electrons. The lowest BCUT2D eigenvalue weighted by Gasteiger charge is -2.23. The van der Waals surface area contributed by atoms with E-state index >= 15 is 0 Å². The number of hydrogen-bond donors (Lipinski definition) is 0. The first-order valence-corrected chi connectivity index (χ1v) is 10.0. The number of hydrogen-bond acceptors (Lipinski definition) is 2. The molecule has 0 spiro atoms. The van der Waals surface area contributed by atoms with Crippen LogP contribution in [-0.4, -0.2) is 13.2 Å². The van der Waals surface area contributed by atoms with Crippen LogP contribution in [-0.2, 0) is 10.8 Å². The van der Waals surface area contributed by atoms with Gasteiger partial charge in [0.05, 0.1) is 0 Å². The Morgan fingerprint density at radius 3 is 1.75 bits per heavy atom. The molecule has 4 rings (SSSR count). The van der Waals surface area contributed by atoms with Gasteiger partial charge in [0.1, 0.15) is 13.2 Å². The number of fused-ring (bicyclic) bond motifs is 2. The molecule has 0 saturated heterocycles. The van der Waals surface area contributed by atoms with Gasteiger partial charge >= 0.3 is 0 Å². The fraction of sp³-hybridized carbons (Fsp3) is 0.385. The fourth-order valence-corrected chi connectivity index (χ4v) is 3.17. The predicted octanol–water partition coefficient (Wildman–Crippen LogP) is 6.89. The minimum Gasteiger partial charge on any atom is -0.486 e. The maximum Gasteiger partial charge on any atom is 0.161 e. The Morgan fingerprint density at radius 2 is 1.11 bits per heavy atom. The molecule has 0 amide bonds.